The molecular formula is C32H33ClN6O5. The molecule has 1 aliphatic carbocycles. The van der Waals surface area contributed by atoms with Crippen molar-refractivity contribution in [1.29, 1.82) is 0 Å². The lowest BCUT2D eigenvalue weighted by Gasteiger charge is -2.16. The minimum Gasteiger partial charge on any atom is -0.493 e. The smallest absolute Gasteiger partial charge is 0.231 e. The molecule has 5 rings (SSSR count). The average molecular weight is 617 g/mol. The minimum atomic E-state index is -0.303. The lowest BCUT2D eigenvalue weighted by atomic mass is 10.2. The van der Waals surface area contributed by atoms with E-state index in [0.717, 1.165) is 5.39 Å². The van der Waals surface area contributed by atoms with E-state index in [1.54, 1.807) is 55.6 Å². The number of hydrogen-bond acceptors (Lipinski definition) is 9. The largest absolute Gasteiger partial charge is 0.493 e. The third-order valence-electron chi connectivity index (χ3n) is 6.79. The maximum Gasteiger partial charge on any atom is 0.231 e. The van der Waals surface area contributed by atoms with Crippen LogP contribution in [0.5, 0.6) is 28.7 Å². The molecule has 1 atom stereocenters. The predicted molar refractivity (Wildman–Crippen MR) is 170 cm³/mol. The third kappa shape index (κ3) is 6.85. The fraction of sp³-hybridized carbons (Fsp3) is 0.250. The van der Waals surface area contributed by atoms with Crippen LogP contribution in [0, 0.1) is 0 Å². The molecule has 1 unspecified atom stereocenters. The molecule has 0 aliphatic heterocycles. The lowest BCUT2D eigenvalue weighted by Crippen LogP contribution is -2.23. The highest BCUT2D eigenvalue weighted by molar-refractivity contribution is 6.35. The summed E-state index contributed by atoms with van der Waals surface area (Å²) in [4.78, 5) is 23.8. The fourth-order valence-electron chi connectivity index (χ4n) is 4.57. The first-order chi connectivity index (χ1) is 21.3. The van der Waals surface area contributed by atoms with Crippen molar-refractivity contribution in [2.75, 3.05) is 40.2 Å². The number of amides is 1. The molecule has 1 aromatic carbocycles. The summed E-state index contributed by atoms with van der Waals surface area (Å²) in [6.45, 7) is 2.29. The zero-order valence-electron chi connectivity index (χ0n) is 25.1. The van der Waals surface area contributed by atoms with Gasteiger partial charge in [-0.05, 0) is 57.4 Å². The second kappa shape index (κ2) is 13.6. The van der Waals surface area contributed by atoms with Gasteiger partial charge in [0.25, 0.3) is 0 Å². The Morgan fingerprint density at radius 2 is 1.86 bits per heavy atom. The number of hydrogen-bond donors (Lipinski definition) is 1. The van der Waals surface area contributed by atoms with Gasteiger partial charge in [-0.15, -0.1) is 0 Å². The van der Waals surface area contributed by atoms with Crippen molar-refractivity contribution in [2.24, 2.45) is 0 Å². The molecule has 4 aromatic rings. The van der Waals surface area contributed by atoms with Crippen molar-refractivity contribution in [3.05, 3.63) is 84.0 Å². The number of carbonyl (C=O) groups excluding carboxylic acids is 1. The fourth-order valence-corrected chi connectivity index (χ4v) is 4.85. The number of likely N-dealkylation sites (N-methyl/N-ethyl adjacent to an activating group) is 1. The summed E-state index contributed by atoms with van der Waals surface area (Å²) in [7, 11) is 7.10. The van der Waals surface area contributed by atoms with Crippen molar-refractivity contribution in [1.82, 2.24) is 24.6 Å². The molecule has 0 radical (unpaired) electrons. The molecule has 1 N–H and O–H groups in total. The Balaban J connectivity index is 1.28. The number of aromatic nitrogens is 4. The van der Waals surface area contributed by atoms with Gasteiger partial charge >= 0.3 is 0 Å². The zero-order valence-corrected chi connectivity index (χ0v) is 25.8. The van der Waals surface area contributed by atoms with Crippen molar-refractivity contribution in [2.45, 2.75) is 19.4 Å². The molecule has 228 valence electrons. The predicted octanol–water partition coefficient (Wildman–Crippen LogP) is 5.68. The second-order valence-electron chi connectivity index (χ2n) is 9.96. The van der Waals surface area contributed by atoms with E-state index in [4.69, 9.17) is 30.5 Å². The van der Waals surface area contributed by atoms with Crippen molar-refractivity contribution >= 4 is 39.9 Å². The van der Waals surface area contributed by atoms with E-state index in [9.17, 15) is 4.79 Å². The van der Waals surface area contributed by atoms with Gasteiger partial charge in [0.2, 0.25) is 5.91 Å². The van der Waals surface area contributed by atoms with E-state index >= 15 is 0 Å². The summed E-state index contributed by atoms with van der Waals surface area (Å²) in [5.41, 5.74) is 1.84. The Kier molecular flexibility index (Phi) is 9.47. The first kappa shape index (κ1) is 30.6. The van der Waals surface area contributed by atoms with Crippen LogP contribution in [-0.2, 0) is 11.2 Å². The molecule has 0 saturated carbocycles. The second-order valence-corrected chi connectivity index (χ2v) is 10.4. The summed E-state index contributed by atoms with van der Waals surface area (Å²) in [5.74, 6) is 2.75. The van der Waals surface area contributed by atoms with Crippen LogP contribution in [0.25, 0.3) is 16.6 Å². The monoisotopic (exact) mass is 616 g/mol. The summed E-state index contributed by atoms with van der Waals surface area (Å²) < 4.78 is 24.3. The van der Waals surface area contributed by atoms with Gasteiger partial charge in [-0.2, -0.15) is 5.10 Å². The van der Waals surface area contributed by atoms with E-state index in [0.29, 0.717) is 63.1 Å². The highest BCUT2D eigenvalue weighted by Crippen LogP contribution is 2.37. The Labute approximate surface area is 260 Å². The number of benzene rings is 1. The van der Waals surface area contributed by atoms with Gasteiger partial charge in [0.15, 0.2) is 17.2 Å². The van der Waals surface area contributed by atoms with Crippen LogP contribution < -0.4 is 24.3 Å². The minimum absolute atomic E-state index is 0.0264. The van der Waals surface area contributed by atoms with Crippen molar-refractivity contribution in [3.8, 4) is 28.7 Å². The number of nitrogens with zero attached hydrogens (tertiary/aromatic N) is 5. The third-order valence-corrected chi connectivity index (χ3v) is 7.11. The van der Waals surface area contributed by atoms with E-state index in [2.05, 4.69) is 20.4 Å². The highest BCUT2D eigenvalue weighted by atomic mass is 35.5. The van der Waals surface area contributed by atoms with Crippen LogP contribution in [0.15, 0.2) is 78.3 Å². The Bertz CT molecular complexity index is 1750. The zero-order chi connectivity index (χ0) is 31.2. The summed E-state index contributed by atoms with van der Waals surface area (Å²) in [5, 5.41) is 8.74. The molecule has 0 spiro atoms. The number of halogens is 1. The number of allylic oxidation sites excluding steroid dienone is 4. The molecule has 1 amide bonds. The van der Waals surface area contributed by atoms with Gasteiger partial charge in [-0.1, -0.05) is 23.8 Å². The van der Waals surface area contributed by atoms with Gasteiger partial charge in [-0.25, -0.2) is 9.67 Å². The van der Waals surface area contributed by atoms with Crippen LogP contribution in [0.4, 0.5) is 5.82 Å². The summed E-state index contributed by atoms with van der Waals surface area (Å²) in [6.07, 6.45) is 12.7. The van der Waals surface area contributed by atoms with Crippen LogP contribution in [0.3, 0.4) is 0 Å². The first-order valence-corrected chi connectivity index (χ1v) is 14.3. The summed E-state index contributed by atoms with van der Waals surface area (Å²) in [6, 6.07) is 8.78. The van der Waals surface area contributed by atoms with Gasteiger partial charge < -0.3 is 24.3 Å². The van der Waals surface area contributed by atoms with Gasteiger partial charge in [0.1, 0.15) is 23.0 Å². The van der Waals surface area contributed by atoms with E-state index in [-0.39, 0.29) is 18.4 Å². The molecule has 44 heavy (non-hydrogen) atoms. The molecule has 3 heterocycles. The van der Waals surface area contributed by atoms with Crippen LogP contribution in [-0.4, -0.2) is 71.5 Å². The number of rotatable bonds is 11. The van der Waals surface area contributed by atoms with E-state index < -0.39 is 0 Å². The number of ether oxygens (including phenoxy) is 4. The molecule has 0 bridgehead atoms. The number of carbonyl (C=O) groups is 1. The molecular weight excluding hydrogens is 584 g/mol. The Hall–Kier alpha value is -4.87. The number of nitrogens with one attached hydrogen (secondary N) is 1. The Morgan fingerprint density at radius 3 is 2.57 bits per heavy atom. The standard InChI is InChI=1S/C32H33ClN6O5/c1-6-43-30-19-39(26-9-7-8-20(38(2)3)14-23(26)33)37-25(30)17-32(40)36-31-11-10-21(18-35-31)44-27-12-13-34-24-16-29(42-5)28(41-4)15-22(24)27/h7-16,18-20H,6,17H2,1-5H3,(H,35,36,40). The van der Waals surface area contributed by atoms with Crippen LogP contribution in [0.1, 0.15) is 12.6 Å². The van der Waals surface area contributed by atoms with Gasteiger partial charge in [0.05, 0.1) is 55.9 Å². The van der Waals surface area contributed by atoms with Crippen LogP contribution >= 0.6 is 11.6 Å². The van der Waals surface area contributed by atoms with E-state index in [1.165, 1.54) is 6.20 Å². The number of fused-ring (bicyclic) bond motifs is 1. The molecule has 0 fully saturated rings. The SMILES string of the molecule is CCOc1cn(C2=CC=CC(N(C)C)C=C2Cl)nc1CC(=O)Nc1ccc(Oc2ccnc3cc(OC)c(OC)cc23)cn1. The number of pyridine rings is 2. The molecule has 11 nitrogen and oxygen atoms in total. The molecule has 12 heteroatoms. The molecule has 3 aromatic heterocycles. The summed E-state index contributed by atoms with van der Waals surface area (Å²) >= 11 is 6.64. The quantitative estimate of drug-likeness (QED) is 0.227. The normalized spacial score (nSPS) is 14.6. The highest BCUT2D eigenvalue weighted by Gasteiger charge is 2.19. The van der Waals surface area contributed by atoms with Crippen molar-refractivity contribution < 1.29 is 23.7 Å². The van der Waals surface area contributed by atoms with Crippen molar-refractivity contribution in [3.63, 3.8) is 0 Å². The average Bonchev–Trinajstić information content (AvgIpc) is 3.28. The van der Waals surface area contributed by atoms with Crippen LogP contribution in [0.2, 0.25) is 0 Å². The van der Waals surface area contributed by atoms with Gasteiger partial charge in [0, 0.05) is 23.7 Å². The maximum absolute atomic E-state index is 13.0. The number of anilines is 1. The topological polar surface area (TPSA) is 113 Å². The van der Waals surface area contributed by atoms with Gasteiger partial charge in [-0.3, -0.25) is 14.7 Å². The maximum atomic E-state index is 13.0. The number of methoxy groups -OCH3 is 2. The van der Waals surface area contributed by atoms with E-state index in [1.807, 2.05) is 56.3 Å². The Morgan fingerprint density at radius 1 is 1.07 bits per heavy atom. The molecule has 1 aliphatic rings. The molecule has 0 saturated heterocycles. The first-order valence-electron chi connectivity index (χ1n) is 13.9. The lowest BCUT2D eigenvalue weighted by molar-refractivity contribution is -0.115.